The van der Waals surface area contributed by atoms with Gasteiger partial charge in [-0.25, -0.2) is 18.5 Å². The van der Waals surface area contributed by atoms with Crippen molar-refractivity contribution in [1.29, 1.82) is 0 Å². The summed E-state index contributed by atoms with van der Waals surface area (Å²) < 4.78 is 23.0. The molecule has 0 unspecified atom stereocenters. The van der Waals surface area contributed by atoms with Crippen LogP contribution in [0, 0.1) is 0 Å². The Morgan fingerprint density at radius 1 is 1.20 bits per heavy atom. The van der Waals surface area contributed by atoms with Gasteiger partial charge in [-0.3, -0.25) is 4.79 Å². The number of benzene rings is 1. The molecule has 0 bridgehead atoms. The monoisotopic (exact) mass is 355 g/mol. The second-order valence-corrected chi connectivity index (χ2v) is 6.25. The Balaban J connectivity index is 2.25. The molecule has 6 nitrogen and oxygen atoms in total. The van der Waals surface area contributed by atoms with E-state index in [-0.39, 0.29) is 10.6 Å². The number of carbonyl (C=O) groups excluding carboxylic acids is 1. The maximum atomic E-state index is 12.0. The molecule has 3 N–H and O–H groups in total. The molecule has 8 heteroatoms. The zero-order valence-electron chi connectivity index (χ0n) is 10.1. The van der Waals surface area contributed by atoms with E-state index in [1.165, 1.54) is 18.2 Å². The maximum absolute atomic E-state index is 12.0. The average molecular weight is 356 g/mol. The molecule has 1 aromatic carbocycles. The number of pyridine rings is 1. The summed E-state index contributed by atoms with van der Waals surface area (Å²) >= 11 is 3.17. The molecule has 0 aliphatic heterocycles. The van der Waals surface area contributed by atoms with Gasteiger partial charge in [-0.2, -0.15) is 0 Å². The second-order valence-electron chi connectivity index (χ2n) is 3.87. The van der Waals surface area contributed by atoms with Crippen LogP contribution in [0.15, 0.2) is 52.0 Å². The van der Waals surface area contributed by atoms with Crippen molar-refractivity contribution in [1.82, 2.24) is 4.98 Å². The van der Waals surface area contributed by atoms with Gasteiger partial charge in [0.15, 0.2) is 0 Å². The van der Waals surface area contributed by atoms with Crippen molar-refractivity contribution in [3.8, 4) is 0 Å². The molecule has 0 radical (unpaired) electrons. The lowest BCUT2D eigenvalue weighted by molar-refractivity contribution is 0.102. The number of anilines is 1. The molecule has 1 amide bonds. The van der Waals surface area contributed by atoms with Crippen molar-refractivity contribution in [2.24, 2.45) is 5.14 Å². The third-order valence-electron chi connectivity index (χ3n) is 2.37. The van der Waals surface area contributed by atoms with Crippen LogP contribution in [0.25, 0.3) is 0 Å². The van der Waals surface area contributed by atoms with Crippen molar-refractivity contribution < 1.29 is 13.2 Å². The summed E-state index contributed by atoms with van der Waals surface area (Å²) in [5.74, 6) is -0.446. The Kier molecular flexibility index (Phi) is 4.17. The number of nitrogens with two attached hydrogens (primary N) is 1. The highest BCUT2D eigenvalue weighted by atomic mass is 79.9. The molecule has 0 atom stereocenters. The highest BCUT2D eigenvalue weighted by Crippen LogP contribution is 2.15. The summed E-state index contributed by atoms with van der Waals surface area (Å²) in [5.41, 5.74) is 0.531. The molecule has 104 valence electrons. The molecule has 0 aliphatic rings. The normalized spacial score (nSPS) is 11.1. The first-order chi connectivity index (χ1) is 9.36. The standard InChI is InChI=1S/C12H10BrN3O3S/c13-11-6-2-5-10(16-11)12(17)15-8-3-1-4-9(7-8)20(14,18)19/h1-7H,(H,15,17)(H2,14,18,19). The van der Waals surface area contributed by atoms with Crippen LogP contribution in [0.1, 0.15) is 10.5 Å². The van der Waals surface area contributed by atoms with Crippen LogP contribution in [0.4, 0.5) is 5.69 Å². The number of hydrogen-bond acceptors (Lipinski definition) is 4. The molecule has 2 rings (SSSR count). The molecule has 1 aromatic heterocycles. The van der Waals surface area contributed by atoms with Crippen molar-refractivity contribution in [2.45, 2.75) is 4.90 Å². The van der Waals surface area contributed by atoms with Gasteiger partial charge in [0.05, 0.1) is 4.90 Å². The molecular weight excluding hydrogens is 346 g/mol. The van der Waals surface area contributed by atoms with Gasteiger partial charge in [-0.15, -0.1) is 0 Å². The Labute approximate surface area is 124 Å². The highest BCUT2D eigenvalue weighted by molar-refractivity contribution is 9.10. The molecule has 20 heavy (non-hydrogen) atoms. The zero-order valence-corrected chi connectivity index (χ0v) is 12.5. The van der Waals surface area contributed by atoms with E-state index in [9.17, 15) is 13.2 Å². The number of nitrogens with one attached hydrogen (secondary N) is 1. The van der Waals surface area contributed by atoms with E-state index in [1.54, 1.807) is 24.3 Å². The predicted octanol–water partition coefficient (Wildman–Crippen LogP) is 1.74. The van der Waals surface area contributed by atoms with Crippen LogP contribution in [0.5, 0.6) is 0 Å². The molecule has 0 fully saturated rings. The van der Waals surface area contributed by atoms with Crippen molar-refractivity contribution in [3.63, 3.8) is 0 Å². The van der Waals surface area contributed by atoms with Crippen LogP contribution in [0.2, 0.25) is 0 Å². The zero-order chi connectivity index (χ0) is 14.8. The molecule has 1 heterocycles. The van der Waals surface area contributed by atoms with Gasteiger partial charge in [-0.1, -0.05) is 12.1 Å². The first-order valence-corrected chi connectivity index (χ1v) is 7.77. The number of amides is 1. The minimum atomic E-state index is -3.81. The lowest BCUT2D eigenvalue weighted by atomic mass is 10.3. The van der Waals surface area contributed by atoms with Crippen molar-refractivity contribution in [3.05, 3.63) is 52.8 Å². The Bertz CT molecular complexity index is 762. The summed E-state index contributed by atoms with van der Waals surface area (Å²) in [7, 11) is -3.81. The van der Waals surface area contributed by atoms with Crippen molar-refractivity contribution >= 4 is 37.5 Å². The first kappa shape index (κ1) is 14.6. The lowest BCUT2D eigenvalue weighted by Gasteiger charge is -2.06. The van der Waals surface area contributed by atoms with E-state index in [0.29, 0.717) is 10.3 Å². The van der Waals surface area contributed by atoms with Crippen molar-refractivity contribution in [2.75, 3.05) is 5.32 Å². The molecule has 0 spiro atoms. The first-order valence-electron chi connectivity index (χ1n) is 5.43. The molecule has 0 aliphatic carbocycles. The quantitative estimate of drug-likeness (QED) is 0.818. The number of sulfonamides is 1. The summed E-state index contributed by atoms with van der Waals surface area (Å²) in [4.78, 5) is 15.9. The van der Waals surface area contributed by atoms with Crippen LogP contribution in [-0.4, -0.2) is 19.3 Å². The topological polar surface area (TPSA) is 102 Å². The fourth-order valence-corrected chi connectivity index (χ4v) is 2.38. The summed E-state index contributed by atoms with van der Waals surface area (Å²) in [6.45, 7) is 0. The van der Waals surface area contributed by atoms with Gasteiger partial charge in [0.1, 0.15) is 10.3 Å². The van der Waals surface area contributed by atoms with Crippen LogP contribution < -0.4 is 10.5 Å². The summed E-state index contributed by atoms with van der Waals surface area (Å²) in [5, 5.41) is 7.58. The fourth-order valence-electron chi connectivity index (χ4n) is 1.48. The van der Waals surface area contributed by atoms with Gasteiger partial charge in [0.25, 0.3) is 5.91 Å². The van der Waals surface area contributed by atoms with Gasteiger partial charge in [0.2, 0.25) is 10.0 Å². The van der Waals surface area contributed by atoms with E-state index in [2.05, 4.69) is 26.2 Å². The number of rotatable bonds is 3. The van der Waals surface area contributed by atoms with Crippen LogP contribution in [-0.2, 0) is 10.0 Å². The van der Waals surface area contributed by atoms with E-state index in [0.717, 1.165) is 0 Å². The molecule has 2 aromatic rings. The number of carbonyl (C=O) groups is 1. The lowest BCUT2D eigenvalue weighted by Crippen LogP contribution is -2.15. The number of aromatic nitrogens is 1. The van der Waals surface area contributed by atoms with Gasteiger partial charge < -0.3 is 5.32 Å². The number of nitrogens with zero attached hydrogens (tertiary/aromatic N) is 1. The number of primary sulfonamides is 1. The summed E-state index contributed by atoms with van der Waals surface area (Å²) in [6.07, 6.45) is 0. The SMILES string of the molecule is NS(=O)(=O)c1cccc(NC(=O)c2cccc(Br)n2)c1. The minimum absolute atomic E-state index is 0.0718. The van der Waals surface area contributed by atoms with E-state index in [1.807, 2.05) is 0 Å². The number of hydrogen-bond donors (Lipinski definition) is 2. The highest BCUT2D eigenvalue weighted by Gasteiger charge is 2.11. The van der Waals surface area contributed by atoms with Gasteiger partial charge in [0, 0.05) is 5.69 Å². The molecular formula is C12H10BrN3O3S. The fraction of sp³-hybridized carbons (Fsp3) is 0. The molecule has 0 saturated heterocycles. The Morgan fingerprint density at radius 2 is 1.90 bits per heavy atom. The van der Waals surface area contributed by atoms with Gasteiger partial charge >= 0.3 is 0 Å². The largest absolute Gasteiger partial charge is 0.321 e. The smallest absolute Gasteiger partial charge is 0.274 e. The number of halogens is 1. The minimum Gasteiger partial charge on any atom is -0.321 e. The Morgan fingerprint density at radius 3 is 2.55 bits per heavy atom. The third-order valence-corrected chi connectivity index (χ3v) is 3.72. The van der Waals surface area contributed by atoms with E-state index < -0.39 is 15.9 Å². The van der Waals surface area contributed by atoms with Gasteiger partial charge in [-0.05, 0) is 46.3 Å². The van der Waals surface area contributed by atoms with Crippen LogP contribution >= 0.6 is 15.9 Å². The van der Waals surface area contributed by atoms with E-state index in [4.69, 9.17) is 5.14 Å². The maximum Gasteiger partial charge on any atom is 0.274 e. The predicted molar refractivity (Wildman–Crippen MR) is 77.7 cm³/mol. The third kappa shape index (κ3) is 3.62. The summed E-state index contributed by atoms with van der Waals surface area (Å²) in [6, 6.07) is 10.6. The molecule has 0 saturated carbocycles. The van der Waals surface area contributed by atoms with Crippen LogP contribution in [0.3, 0.4) is 0 Å². The Hall–Kier alpha value is -1.77. The second kappa shape index (κ2) is 5.70. The average Bonchev–Trinajstić information content (AvgIpc) is 2.38. The van der Waals surface area contributed by atoms with E-state index >= 15 is 0 Å².